The van der Waals surface area contributed by atoms with E-state index in [4.69, 9.17) is 0 Å². The quantitative estimate of drug-likeness (QED) is 0.700. The molecule has 1 aromatic heterocycles. The Morgan fingerprint density at radius 3 is 2.62 bits per heavy atom. The summed E-state index contributed by atoms with van der Waals surface area (Å²) in [6, 6.07) is 18.1. The Morgan fingerprint density at radius 2 is 1.73 bits per heavy atom. The summed E-state index contributed by atoms with van der Waals surface area (Å²) >= 11 is 0. The average molecular weight is 347 g/mol. The Morgan fingerprint density at radius 1 is 0.923 bits per heavy atom. The molecule has 5 nitrogen and oxygen atoms in total. The number of para-hydroxylation sites is 1. The third-order valence-electron chi connectivity index (χ3n) is 4.79. The fourth-order valence-corrected chi connectivity index (χ4v) is 3.41. The molecule has 4 rings (SSSR count). The normalized spacial score (nSPS) is 15.3. The van der Waals surface area contributed by atoms with Crippen LogP contribution in [0.5, 0.6) is 5.88 Å². The SMILES string of the molecule is Oc1c(N=NC2=[NH+]CCCCC2)c2ccccc2n1Cc1ccccc1. The van der Waals surface area contributed by atoms with Crippen LogP contribution in [-0.2, 0) is 6.54 Å². The van der Waals surface area contributed by atoms with E-state index in [9.17, 15) is 5.11 Å². The maximum atomic E-state index is 10.8. The Hall–Kier alpha value is -2.95. The highest BCUT2D eigenvalue weighted by Crippen LogP contribution is 2.39. The molecule has 1 aliphatic heterocycles. The van der Waals surface area contributed by atoms with Crippen molar-refractivity contribution in [3.8, 4) is 5.88 Å². The highest BCUT2D eigenvalue weighted by molar-refractivity contribution is 5.95. The molecule has 2 aromatic carbocycles. The summed E-state index contributed by atoms with van der Waals surface area (Å²) in [5, 5.41) is 20.6. The summed E-state index contributed by atoms with van der Waals surface area (Å²) in [6.45, 7) is 1.54. The first kappa shape index (κ1) is 16.5. The van der Waals surface area contributed by atoms with Crippen molar-refractivity contribution in [2.24, 2.45) is 10.2 Å². The van der Waals surface area contributed by atoms with Gasteiger partial charge in [0.2, 0.25) is 5.88 Å². The van der Waals surface area contributed by atoms with E-state index in [-0.39, 0.29) is 5.88 Å². The molecule has 2 heterocycles. The summed E-state index contributed by atoms with van der Waals surface area (Å²) in [4.78, 5) is 3.33. The van der Waals surface area contributed by atoms with Crippen LogP contribution in [0.4, 0.5) is 5.69 Å². The molecule has 2 N–H and O–H groups in total. The lowest BCUT2D eigenvalue weighted by Crippen LogP contribution is -2.72. The highest BCUT2D eigenvalue weighted by atomic mass is 16.3. The van der Waals surface area contributed by atoms with Gasteiger partial charge in [0.25, 0.3) is 0 Å². The van der Waals surface area contributed by atoms with Gasteiger partial charge in [-0.2, -0.15) is 0 Å². The minimum absolute atomic E-state index is 0.160. The van der Waals surface area contributed by atoms with Crippen LogP contribution in [0.25, 0.3) is 10.9 Å². The zero-order valence-electron chi connectivity index (χ0n) is 14.7. The number of rotatable bonds is 3. The number of aromatic hydroxyl groups is 1. The molecular formula is C21H23N4O+. The van der Waals surface area contributed by atoms with Crippen LogP contribution in [0.2, 0.25) is 0 Å². The molecule has 0 bridgehead atoms. The van der Waals surface area contributed by atoms with Crippen molar-refractivity contribution in [3.63, 3.8) is 0 Å². The summed E-state index contributed by atoms with van der Waals surface area (Å²) in [7, 11) is 0. The van der Waals surface area contributed by atoms with Gasteiger partial charge in [0.15, 0.2) is 5.69 Å². The van der Waals surface area contributed by atoms with Gasteiger partial charge in [-0.3, -0.25) is 4.99 Å². The first-order valence-corrected chi connectivity index (χ1v) is 9.18. The second-order valence-corrected chi connectivity index (χ2v) is 6.65. The zero-order chi connectivity index (χ0) is 17.8. The van der Waals surface area contributed by atoms with Crippen LogP contribution in [0.15, 0.2) is 64.8 Å². The summed E-state index contributed by atoms with van der Waals surface area (Å²) < 4.78 is 1.89. The molecule has 0 spiro atoms. The highest BCUT2D eigenvalue weighted by Gasteiger charge is 2.19. The molecule has 5 heteroatoms. The molecule has 0 radical (unpaired) electrons. The van der Waals surface area contributed by atoms with Gasteiger partial charge in [-0.05, 0) is 36.0 Å². The standard InChI is InChI=1S/C21H22N4O/c26-21-20(24-23-19-13-5-2-8-14-22-19)17-11-6-7-12-18(17)25(21)15-16-9-3-1-4-10-16/h1,3-4,6-7,9-12,26H,2,5,8,13-15H2/p+1. The predicted octanol–water partition coefficient (Wildman–Crippen LogP) is 3.53. The lowest BCUT2D eigenvalue weighted by molar-refractivity contribution is -0.458. The number of fused-ring (bicyclic) bond motifs is 1. The van der Waals surface area contributed by atoms with E-state index in [1.54, 1.807) is 0 Å². The molecule has 0 atom stereocenters. The number of hydrogen-bond donors (Lipinski definition) is 2. The molecular weight excluding hydrogens is 324 g/mol. The lowest BCUT2D eigenvalue weighted by Gasteiger charge is -2.06. The lowest BCUT2D eigenvalue weighted by atomic mass is 10.2. The van der Waals surface area contributed by atoms with Crippen molar-refractivity contribution >= 4 is 22.4 Å². The number of benzene rings is 2. The van der Waals surface area contributed by atoms with Gasteiger partial charge in [-0.15, -0.1) is 0 Å². The number of azo groups is 1. The van der Waals surface area contributed by atoms with E-state index in [2.05, 4.69) is 27.4 Å². The second kappa shape index (κ2) is 7.52. The van der Waals surface area contributed by atoms with Crippen molar-refractivity contribution in [1.29, 1.82) is 0 Å². The van der Waals surface area contributed by atoms with Gasteiger partial charge in [-0.1, -0.05) is 48.5 Å². The largest absolute Gasteiger partial charge is 0.493 e. The van der Waals surface area contributed by atoms with Crippen molar-refractivity contribution in [3.05, 3.63) is 60.2 Å². The minimum atomic E-state index is 0.160. The average Bonchev–Trinajstić information content (AvgIpc) is 2.85. The molecule has 26 heavy (non-hydrogen) atoms. The molecule has 3 aromatic rings. The van der Waals surface area contributed by atoms with Crippen LogP contribution in [0, 0.1) is 0 Å². The van der Waals surface area contributed by atoms with Gasteiger partial charge in [0.1, 0.15) is 0 Å². The molecule has 1 aliphatic rings. The van der Waals surface area contributed by atoms with Gasteiger partial charge in [0, 0.05) is 5.39 Å². The van der Waals surface area contributed by atoms with Gasteiger partial charge < -0.3 is 9.67 Å². The summed E-state index contributed by atoms with van der Waals surface area (Å²) in [5.74, 6) is 1.06. The molecule has 132 valence electrons. The van der Waals surface area contributed by atoms with E-state index in [0.717, 1.165) is 41.7 Å². The van der Waals surface area contributed by atoms with Gasteiger partial charge in [-0.25, -0.2) is 0 Å². The summed E-state index contributed by atoms with van der Waals surface area (Å²) in [5.41, 5.74) is 2.63. The second-order valence-electron chi connectivity index (χ2n) is 6.65. The monoisotopic (exact) mass is 347 g/mol. The smallest absolute Gasteiger partial charge is 0.319 e. The Balaban J connectivity index is 1.73. The van der Waals surface area contributed by atoms with Crippen molar-refractivity contribution in [2.45, 2.75) is 32.2 Å². The third kappa shape index (κ3) is 3.38. The van der Waals surface area contributed by atoms with E-state index in [1.165, 1.54) is 12.8 Å². The number of nitrogens with one attached hydrogen (secondary N) is 1. The number of hydrogen-bond acceptors (Lipinski definition) is 3. The molecule has 0 saturated heterocycles. The Kier molecular flexibility index (Phi) is 4.78. The molecule has 0 aliphatic carbocycles. The molecule has 0 unspecified atom stereocenters. The van der Waals surface area contributed by atoms with Gasteiger partial charge >= 0.3 is 5.84 Å². The maximum Gasteiger partial charge on any atom is 0.319 e. The van der Waals surface area contributed by atoms with Crippen LogP contribution < -0.4 is 4.99 Å². The fraction of sp³-hybridized carbons (Fsp3) is 0.286. The maximum absolute atomic E-state index is 10.8. The minimum Gasteiger partial charge on any atom is -0.493 e. The predicted molar refractivity (Wildman–Crippen MR) is 103 cm³/mol. The molecule has 0 fully saturated rings. The molecule has 0 saturated carbocycles. The topological polar surface area (TPSA) is 63.9 Å². The summed E-state index contributed by atoms with van der Waals surface area (Å²) in [6.07, 6.45) is 4.42. The Labute approximate surface area is 152 Å². The van der Waals surface area contributed by atoms with E-state index >= 15 is 0 Å². The van der Waals surface area contributed by atoms with Crippen molar-refractivity contribution in [2.75, 3.05) is 6.54 Å². The van der Waals surface area contributed by atoms with Gasteiger partial charge in [0.05, 0.1) is 30.1 Å². The van der Waals surface area contributed by atoms with Crippen LogP contribution in [0.1, 0.15) is 31.2 Å². The van der Waals surface area contributed by atoms with Crippen molar-refractivity contribution in [1.82, 2.24) is 4.57 Å². The number of aromatic nitrogens is 1. The number of amidine groups is 1. The van der Waals surface area contributed by atoms with E-state index in [1.807, 2.05) is 47.0 Å². The first-order valence-electron chi connectivity index (χ1n) is 9.18. The zero-order valence-corrected chi connectivity index (χ0v) is 14.7. The van der Waals surface area contributed by atoms with Crippen molar-refractivity contribution < 1.29 is 10.1 Å². The van der Waals surface area contributed by atoms with E-state index in [0.29, 0.717) is 12.2 Å². The third-order valence-corrected chi connectivity index (χ3v) is 4.79. The van der Waals surface area contributed by atoms with E-state index < -0.39 is 0 Å². The Bertz CT molecular complexity index is 957. The van der Waals surface area contributed by atoms with Crippen LogP contribution in [-0.4, -0.2) is 22.1 Å². The molecule has 0 amide bonds. The van der Waals surface area contributed by atoms with Crippen LogP contribution >= 0.6 is 0 Å². The number of nitrogens with zero attached hydrogens (tertiary/aromatic N) is 3. The first-order chi connectivity index (χ1) is 12.8. The van der Waals surface area contributed by atoms with Crippen LogP contribution in [0.3, 0.4) is 0 Å². The fourth-order valence-electron chi connectivity index (χ4n) is 3.41.